The SMILES string of the molecule is O=Cc1ccnc(C#CCCS)c1. The maximum Gasteiger partial charge on any atom is 0.150 e. The summed E-state index contributed by atoms with van der Waals surface area (Å²) >= 11 is 4.03. The fourth-order valence-electron chi connectivity index (χ4n) is 0.798. The Balaban J connectivity index is 2.79. The van der Waals surface area contributed by atoms with Gasteiger partial charge in [0.15, 0.2) is 0 Å². The number of thiol groups is 1. The molecule has 0 aliphatic rings. The Kier molecular flexibility index (Phi) is 4.07. The summed E-state index contributed by atoms with van der Waals surface area (Å²) in [5.74, 6) is 6.49. The largest absolute Gasteiger partial charge is 0.298 e. The first-order valence-corrected chi connectivity index (χ1v) is 4.51. The van der Waals surface area contributed by atoms with Gasteiger partial charge in [0.25, 0.3) is 0 Å². The van der Waals surface area contributed by atoms with E-state index in [1.807, 2.05) is 0 Å². The predicted molar refractivity (Wildman–Crippen MR) is 55.0 cm³/mol. The fourth-order valence-corrected chi connectivity index (χ4v) is 0.909. The Morgan fingerprint density at radius 2 is 2.46 bits per heavy atom. The summed E-state index contributed by atoms with van der Waals surface area (Å²) in [5.41, 5.74) is 1.23. The highest BCUT2D eigenvalue weighted by atomic mass is 32.1. The summed E-state index contributed by atoms with van der Waals surface area (Å²) in [4.78, 5) is 14.4. The van der Waals surface area contributed by atoms with Crippen molar-refractivity contribution in [2.75, 3.05) is 5.75 Å². The number of carbonyl (C=O) groups is 1. The van der Waals surface area contributed by atoms with E-state index in [4.69, 9.17) is 0 Å². The van der Waals surface area contributed by atoms with Crippen LogP contribution in [0.3, 0.4) is 0 Å². The van der Waals surface area contributed by atoms with Gasteiger partial charge in [0, 0.05) is 23.9 Å². The summed E-state index contributed by atoms with van der Waals surface area (Å²) in [5, 5.41) is 0. The van der Waals surface area contributed by atoms with Crippen LogP contribution in [0.1, 0.15) is 22.5 Å². The first-order chi connectivity index (χ1) is 6.36. The van der Waals surface area contributed by atoms with Gasteiger partial charge in [-0.3, -0.25) is 4.79 Å². The van der Waals surface area contributed by atoms with E-state index < -0.39 is 0 Å². The van der Waals surface area contributed by atoms with Crippen LogP contribution < -0.4 is 0 Å². The first-order valence-electron chi connectivity index (χ1n) is 3.88. The van der Waals surface area contributed by atoms with Crippen LogP contribution in [-0.4, -0.2) is 17.0 Å². The molecule has 0 unspecified atom stereocenters. The second-order valence-corrected chi connectivity index (χ2v) is 2.81. The Bertz CT molecular complexity index is 351. The summed E-state index contributed by atoms with van der Waals surface area (Å²) in [6, 6.07) is 3.31. The monoisotopic (exact) mass is 191 g/mol. The van der Waals surface area contributed by atoms with Crippen LogP contribution in [0.15, 0.2) is 18.3 Å². The molecule has 0 aromatic carbocycles. The van der Waals surface area contributed by atoms with Gasteiger partial charge in [-0.1, -0.05) is 5.92 Å². The van der Waals surface area contributed by atoms with Gasteiger partial charge < -0.3 is 0 Å². The number of carbonyl (C=O) groups excluding carboxylic acids is 1. The van der Waals surface area contributed by atoms with E-state index in [-0.39, 0.29) is 0 Å². The van der Waals surface area contributed by atoms with Gasteiger partial charge in [-0.25, -0.2) is 4.98 Å². The smallest absolute Gasteiger partial charge is 0.150 e. The third-order valence-corrected chi connectivity index (χ3v) is 1.60. The molecule has 0 N–H and O–H groups in total. The molecule has 0 atom stereocenters. The number of aldehydes is 1. The van der Waals surface area contributed by atoms with Crippen LogP contribution in [0, 0.1) is 11.8 Å². The molecular formula is C10H9NOS. The van der Waals surface area contributed by atoms with E-state index >= 15 is 0 Å². The van der Waals surface area contributed by atoms with Crippen LogP contribution in [0.2, 0.25) is 0 Å². The zero-order chi connectivity index (χ0) is 9.52. The standard InChI is InChI=1S/C10H9NOS/c12-8-9-4-5-11-10(7-9)3-1-2-6-13/h4-5,7-8,13H,2,6H2. The zero-order valence-electron chi connectivity index (χ0n) is 7.03. The van der Waals surface area contributed by atoms with Crippen molar-refractivity contribution in [2.24, 2.45) is 0 Å². The summed E-state index contributed by atoms with van der Waals surface area (Å²) in [7, 11) is 0. The van der Waals surface area contributed by atoms with Gasteiger partial charge in [0.05, 0.1) is 0 Å². The molecule has 0 saturated heterocycles. The van der Waals surface area contributed by atoms with E-state index in [0.29, 0.717) is 11.3 Å². The van der Waals surface area contributed by atoms with Crippen LogP contribution >= 0.6 is 12.6 Å². The van der Waals surface area contributed by atoms with Crippen molar-refractivity contribution in [3.8, 4) is 11.8 Å². The number of rotatable bonds is 2. The molecule has 0 amide bonds. The Labute approximate surface area is 82.8 Å². The normalized spacial score (nSPS) is 8.69. The average Bonchev–Trinajstić information content (AvgIpc) is 2.19. The van der Waals surface area contributed by atoms with Crippen molar-refractivity contribution >= 4 is 18.9 Å². The molecular weight excluding hydrogens is 182 g/mol. The van der Waals surface area contributed by atoms with Gasteiger partial charge in [-0.05, 0) is 18.1 Å². The lowest BCUT2D eigenvalue weighted by Crippen LogP contribution is -1.85. The Hall–Kier alpha value is -1.27. The molecule has 1 aromatic heterocycles. The molecule has 2 nitrogen and oxygen atoms in total. The van der Waals surface area contributed by atoms with E-state index in [1.54, 1.807) is 18.3 Å². The molecule has 0 radical (unpaired) electrons. The minimum atomic E-state index is 0.602. The third-order valence-electron chi connectivity index (χ3n) is 1.37. The second kappa shape index (κ2) is 5.39. The minimum absolute atomic E-state index is 0.602. The highest BCUT2D eigenvalue weighted by Gasteiger charge is 1.91. The Morgan fingerprint density at radius 1 is 1.62 bits per heavy atom. The topological polar surface area (TPSA) is 30.0 Å². The maximum absolute atomic E-state index is 10.4. The van der Waals surface area contributed by atoms with Crippen molar-refractivity contribution in [3.63, 3.8) is 0 Å². The Morgan fingerprint density at radius 3 is 3.15 bits per heavy atom. The lowest BCUT2D eigenvalue weighted by Gasteiger charge is -1.90. The van der Waals surface area contributed by atoms with E-state index in [2.05, 4.69) is 29.5 Å². The number of aromatic nitrogens is 1. The number of nitrogens with zero attached hydrogens (tertiary/aromatic N) is 1. The molecule has 3 heteroatoms. The quantitative estimate of drug-likeness (QED) is 0.437. The lowest BCUT2D eigenvalue weighted by molar-refractivity contribution is 0.112. The van der Waals surface area contributed by atoms with Gasteiger partial charge in [0.1, 0.15) is 12.0 Å². The number of hydrogen-bond acceptors (Lipinski definition) is 3. The number of pyridine rings is 1. The highest BCUT2D eigenvalue weighted by molar-refractivity contribution is 7.80. The molecule has 66 valence electrons. The molecule has 1 aromatic rings. The van der Waals surface area contributed by atoms with E-state index in [0.717, 1.165) is 18.5 Å². The van der Waals surface area contributed by atoms with Crippen molar-refractivity contribution in [1.29, 1.82) is 0 Å². The summed E-state index contributed by atoms with van der Waals surface area (Å²) < 4.78 is 0. The van der Waals surface area contributed by atoms with Gasteiger partial charge >= 0.3 is 0 Å². The lowest BCUT2D eigenvalue weighted by atomic mass is 10.2. The highest BCUT2D eigenvalue weighted by Crippen LogP contribution is 1.97. The molecule has 0 fully saturated rings. The van der Waals surface area contributed by atoms with E-state index in [1.165, 1.54) is 0 Å². The van der Waals surface area contributed by atoms with Gasteiger partial charge in [0.2, 0.25) is 0 Å². The van der Waals surface area contributed by atoms with Gasteiger partial charge in [-0.2, -0.15) is 12.6 Å². The summed E-state index contributed by atoms with van der Waals surface area (Å²) in [6.07, 6.45) is 3.09. The molecule has 0 aliphatic carbocycles. The average molecular weight is 191 g/mol. The van der Waals surface area contributed by atoms with Crippen molar-refractivity contribution in [1.82, 2.24) is 4.98 Å². The summed E-state index contributed by atoms with van der Waals surface area (Å²) in [6.45, 7) is 0. The van der Waals surface area contributed by atoms with Crippen molar-refractivity contribution in [2.45, 2.75) is 6.42 Å². The van der Waals surface area contributed by atoms with Crippen molar-refractivity contribution in [3.05, 3.63) is 29.6 Å². The third kappa shape index (κ3) is 3.30. The van der Waals surface area contributed by atoms with Crippen LogP contribution in [0.25, 0.3) is 0 Å². The number of hydrogen-bond donors (Lipinski definition) is 1. The molecule has 13 heavy (non-hydrogen) atoms. The van der Waals surface area contributed by atoms with Crippen LogP contribution in [0.4, 0.5) is 0 Å². The molecule has 1 rings (SSSR count). The first kappa shape index (κ1) is 9.82. The zero-order valence-corrected chi connectivity index (χ0v) is 7.92. The van der Waals surface area contributed by atoms with E-state index in [9.17, 15) is 4.79 Å². The molecule has 0 aliphatic heterocycles. The second-order valence-electron chi connectivity index (χ2n) is 2.37. The van der Waals surface area contributed by atoms with Gasteiger partial charge in [-0.15, -0.1) is 0 Å². The molecule has 0 saturated carbocycles. The molecule has 0 bridgehead atoms. The molecule has 1 heterocycles. The van der Waals surface area contributed by atoms with Crippen LogP contribution in [-0.2, 0) is 0 Å². The predicted octanol–water partition coefficient (Wildman–Crippen LogP) is 1.57. The van der Waals surface area contributed by atoms with Crippen molar-refractivity contribution < 1.29 is 4.79 Å². The fraction of sp³-hybridized carbons (Fsp3) is 0.200. The van der Waals surface area contributed by atoms with Crippen LogP contribution in [0.5, 0.6) is 0 Å². The molecule has 0 spiro atoms. The maximum atomic E-state index is 10.4. The minimum Gasteiger partial charge on any atom is -0.298 e.